The van der Waals surface area contributed by atoms with Gasteiger partial charge in [0.15, 0.2) is 11.6 Å². The highest BCUT2D eigenvalue weighted by Gasteiger charge is 2.21. The van der Waals surface area contributed by atoms with Crippen LogP contribution < -0.4 is 15.5 Å². The van der Waals surface area contributed by atoms with Gasteiger partial charge < -0.3 is 20.3 Å². The lowest BCUT2D eigenvalue weighted by atomic mass is 10.1. The van der Waals surface area contributed by atoms with E-state index in [1.54, 1.807) is 11.3 Å². The van der Waals surface area contributed by atoms with Gasteiger partial charge in [-0.25, -0.2) is 9.97 Å². The maximum absolute atomic E-state index is 11.4. The fourth-order valence-electron chi connectivity index (χ4n) is 4.42. The van der Waals surface area contributed by atoms with Gasteiger partial charge in [0.25, 0.3) is 0 Å². The lowest BCUT2D eigenvalue weighted by Crippen LogP contribution is -2.36. The number of aromatic amines is 1. The lowest BCUT2D eigenvalue weighted by Gasteiger charge is -2.28. The van der Waals surface area contributed by atoms with E-state index in [9.17, 15) is 4.79 Å². The fourth-order valence-corrected chi connectivity index (χ4v) is 5.48. The van der Waals surface area contributed by atoms with Gasteiger partial charge in [-0.1, -0.05) is 18.2 Å². The van der Waals surface area contributed by atoms with E-state index in [-0.39, 0.29) is 5.91 Å². The number of ether oxygens (including phenoxy) is 1. The molecule has 0 saturated carbocycles. The third kappa shape index (κ3) is 4.48. The second-order valence-electron chi connectivity index (χ2n) is 8.65. The number of amides is 1. The largest absolute Gasteiger partial charge is 0.380 e. The minimum atomic E-state index is -0.0900. The van der Waals surface area contributed by atoms with Crippen LogP contribution in [0.1, 0.15) is 11.8 Å². The van der Waals surface area contributed by atoms with Crippen LogP contribution in [-0.2, 0) is 16.1 Å². The zero-order valence-corrected chi connectivity index (χ0v) is 20.6. The van der Waals surface area contributed by atoms with Crippen LogP contribution in [0.15, 0.2) is 54.7 Å². The molecule has 182 valence electrons. The van der Waals surface area contributed by atoms with Crippen molar-refractivity contribution in [1.82, 2.24) is 20.2 Å². The molecule has 5 aromatic rings. The maximum atomic E-state index is 11.4. The Balaban J connectivity index is 1.36. The monoisotopic (exact) mass is 499 g/mol. The zero-order chi connectivity index (χ0) is 24.5. The van der Waals surface area contributed by atoms with Gasteiger partial charge in [-0.15, -0.1) is 11.3 Å². The predicted octanol–water partition coefficient (Wildman–Crippen LogP) is 4.64. The molecule has 6 rings (SSSR count). The molecule has 0 spiro atoms. The molecule has 1 amide bonds. The average Bonchev–Trinajstić information content (AvgIpc) is 3.54. The van der Waals surface area contributed by atoms with Crippen LogP contribution in [-0.4, -0.2) is 52.4 Å². The number of aromatic nitrogens is 4. The highest BCUT2D eigenvalue weighted by Crippen LogP contribution is 2.36. The number of nitrogens with one attached hydrogen (secondary N) is 3. The quantitative estimate of drug-likeness (QED) is 0.312. The average molecular weight is 500 g/mol. The normalized spacial score (nSPS) is 13.9. The Morgan fingerprint density at radius 2 is 1.94 bits per heavy atom. The first-order valence-corrected chi connectivity index (χ1v) is 12.6. The van der Waals surface area contributed by atoms with Crippen LogP contribution in [0.3, 0.4) is 0 Å². The molecular formula is C26H25N7O2S. The van der Waals surface area contributed by atoms with E-state index in [4.69, 9.17) is 14.7 Å². The number of benzene rings is 2. The molecule has 1 aliphatic heterocycles. The Labute approximate surface area is 211 Å². The molecule has 3 aromatic heterocycles. The minimum absolute atomic E-state index is 0.0900. The minimum Gasteiger partial charge on any atom is -0.380 e. The van der Waals surface area contributed by atoms with E-state index in [0.717, 1.165) is 61.8 Å². The lowest BCUT2D eigenvalue weighted by molar-refractivity contribution is -0.114. The SMILES string of the molecule is CC(=O)Nc1cccc(NCc2cc3nc(-c4cccc5[nH]ncc45)nc(N4CCOCC4)c3s2)c1. The fraction of sp³-hybridized carbons (Fsp3) is 0.231. The molecule has 9 nitrogen and oxygen atoms in total. The third-order valence-electron chi connectivity index (χ3n) is 6.09. The summed E-state index contributed by atoms with van der Waals surface area (Å²) in [5.41, 5.74) is 4.54. The van der Waals surface area contributed by atoms with Crippen LogP contribution in [0.2, 0.25) is 0 Å². The van der Waals surface area contributed by atoms with Gasteiger partial charge in [-0.05, 0) is 30.3 Å². The predicted molar refractivity (Wildman–Crippen MR) is 144 cm³/mol. The number of thiophene rings is 1. The Hall–Kier alpha value is -4.02. The molecule has 0 unspecified atom stereocenters. The zero-order valence-electron chi connectivity index (χ0n) is 19.7. The number of fused-ring (bicyclic) bond motifs is 2. The van der Waals surface area contributed by atoms with Crippen molar-refractivity contribution in [2.45, 2.75) is 13.5 Å². The van der Waals surface area contributed by atoms with Crippen molar-refractivity contribution >= 4 is 55.6 Å². The molecule has 36 heavy (non-hydrogen) atoms. The maximum Gasteiger partial charge on any atom is 0.221 e. The molecule has 0 radical (unpaired) electrons. The van der Waals surface area contributed by atoms with Gasteiger partial charge in [-0.3, -0.25) is 9.89 Å². The summed E-state index contributed by atoms with van der Waals surface area (Å²) in [7, 11) is 0. The Kier molecular flexibility index (Phi) is 5.96. The number of hydrogen-bond acceptors (Lipinski definition) is 8. The molecule has 10 heteroatoms. The van der Waals surface area contributed by atoms with Gasteiger partial charge in [0.1, 0.15) is 0 Å². The second-order valence-corrected chi connectivity index (χ2v) is 9.79. The summed E-state index contributed by atoms with van der Waals surface area (Å²) in [6, 6.07) is 15.9. The van der Waals surface area contributed by atoms with Crippen LogP contribution in [0, 0.1) is 0 Å². The number of hydrogen-bond donors (Lipinski definition) is 3. The van der Waals surface area contributed by atoms with E-state index in [0.29, 0.717) is 25.6 Å². The van der Waals surface area contributed by atoms with Crippen LogP contribution in [0.5, 0.6) is 0 Å². The number of anilines is 3. The first-order chi connectivity index (χ1) is 17.6. The molecule has 1 saturated heterocycles. The standard InChI is InChI=1S/C26H25N7O2S/c1-16(34)29-18-5-2-4-17(12-18)27-14-19-13-23-24(36-19)26(33-8-10-35-11-9-33)31-25(30-23)20-6-3-7-22-21(20)15-28-32-22/h2-7,12-13,15,27H,8-11,14H2,1H3,(H,28,32)(H,29,34). The van der Waals surface area contributed by atoms with Crippen molar-refractivity contribution in [1.29, 1.82) is 0 Å². The molecule has 1 fully saturated rings. The Bertz CT molecular complexity index is 1550. The summed E-state index contributed by atoms with van der Waals surface area (Å²) in [5, 5.41) is 14.5. The van der Waals surface area contributed by atoms with E-state index in [1.807, 2.05) is 48.7 Å². The van der Waals surface area contributed by atoms with Crippen LogP contribution >= 0.6 is 11.3 Å². The van der Waals surface area contributed by atoms with Crippen molar-refractivity contribution in [3.8, 4) is 11.4 Å². The molecule has 2 aromatic carbocycles. The van der Waals surface area contributed by atoms with Gasteiger partial charge in [0.2, 0.25) is 5.91 Å². The Morgan fingerprint density at radius 3 is 2.81 bits per heavy atom. The van der Waals surface area contributed by atoms with E-state index < -0.39 is 0 Å². The summed E-state index contributed by atoms with van der Waals surface area (Å²) >= 11 is 1.70. The highest BCUT2D eigenvalue weighted by atomic mass is 32.1. The number of H-pyrrole nitrogens is 1. The van der Waals surface area contributed by atoms with Crippen LogP contribution in [0.4, 0.5) is 17.2 Å². The summed E-state index contributed by atoms with van der Waals surface area (Å²) in [6.45, 7) is 5.10. The van der Waals surface area contributed by atoms with Crippen LogP contribution in [0.25, 0.3) is 32.5 Å². The third-order valence-corrected chi connectivity index (χ3v) is 7.21. The van der Waals surface area contributed by atoms with Gasteiger partial charge in [0, 0.05) is 53.8 Å². The summed E-state index contributed by atoms with van der Waals surface area (Å²) in [6.07, 6.45) is 1.82. The molecular weight excluding hydrogens is 474 g/mol. The molecule has 0 atom stereocenters. The number of nitrogens with zero attached hydrogens (tertiary/aromatic N) is 4. The molecule has 4 heterocycles. The van der Waals surface area contributed by atoms with Crippen molar-refractivity contribution in [2.24, 2.45) is 0 Å². The van der Waals surface area contributed by atoms with Crippen molar-refractivity contribution in [2.75, 3.05) is 41.8 Å². The molecule has 0 bridgehead atoms. The molecule has 3 N–H and O–H groups in total. The van der Waals surface area contributed by atoms with Crippen molar-refractivity contribution in [3.63, 3.8) is 0 Å². The van der Waals surface area contributed by atoms with E-state index >= 15 is 0 Å². The highest BCUT2D eigenvalue weighted by molar-refractivity contribution is 7.19. The summed E-state index contributed by atoms with van der Waals surface area (Å²) in [5.74, 6) is 1.55. The van der Waals surface area contributed by atoms with Gasteiger partial charge >= 0.3 is 0 Å². The second kappa shape index (κ2) is 9.56. The number of morpholine rings is 1. The van der Waals surface area contributed by atoms with Crippen molar-refractivity contribution in [3.05, 3.63) is 59.6 Å². The molecule has 1 aliphatic rings. The first kappa shape index (κ1) is 22.4. The number of carbonyl (C=O) groups is 1. The summed E-state index contributed by atoms with van der Waals surface area (Å²) in [4.78, 5) is 24.9. The van der Waals surface area contributed by atoms with Crippen molar-refractivity contribution < 1.29 is 9.53 Å². The Morgan fingerprint density at radius 1 is 1.11 bits per heavy atom. The van der Waals surface area contributed by atoms with E-state index in [2.05, 4.69) is 31.8 Å². The topological polar surface area (TPSA) is 108 Å². The van der Waals surface area contributed by atoms with E-state index in [1.165, 1.54) is 6.92 Å². The summed E-state index contributed by atoms with van der Waals surface area (Å²) < 4.78 is 6.66. The number of carbonyl (C=O) groups excluding carboxylic acids is 1. The van der Waals surface area contributed by atoms with Gasteiger partial charge in [-0.2, -0.15) is 5.10 Å². The first-order valence-electron chi connectivity index (χ1n) is 11.8. The smallest absolute Gasteiger partial charge is 0.221 e. The molecule has 0 aliphatic carbocycles. The van der Waals surface area contributed by atoms with Gasteiger partial charge in [0.05, 0.1) is 35.1 Å². The number of rotatable bonds is 6.